The lowest BCUT2D eigenvalue weighted by molar-refractivity contribution is -0.184. The molecule has 0 saturated heterocycles. The molecule has 0 aliphatic carbocycles. The SMILES string of the molecule is CC(N)OC(C)OCC(=O)OC(C)(C)C. The molecule has 2 atom stereocenters. The van der Waals surface area contributed by atoms with Gasteiger partial charge in [0.15, 0.2) is 6.29 Å². The van der Waals surface area contributed by atoms with Crippen molar-refractivity contribution in [3.05, 3.63) is 0 Å². The quantitative estimate of drug-likeness (QED) is 0.552. The van der Waals surface area contributed by atoms with E-state index in [0.717, 1.165) is 0 Å². The molecule has 0 aliphatic heterocycles. The molecule has 2 N–H and O–H groups in total. The number of hydrogen-bond donors (Lipinski definition) is 1. The molecular formula is C10H21NO4. The molecule has 5 nitrogen and oxygen atoms in total. The Labute approximate surface area is 90.9 Å². The van der Waals surface area contributed by atoms with Gasteiger partial charge in [0.1, 0.15) is 18.4 Å². The lowest BCUT2D eigenvalue weighted by Crippen LogP contribution is -2.31. The minimum atomic E-state index is -0.516. The van der Waals surface area contributed by atoms with Gasteiger partial charge in [0.25, 0.3) is 0 Å². The second-order valence-corrected chi connectivity index (χ2v) is 4.31. The average Bonchev–Trinajstić information content (AvgIpc) is 1.96. The highest BCUT2D eigenvalue weighted by Crippen LogP contribution is 2.07. The first kappa shape index (κ1) is 14.3. The summed E-state index contributed by atoms with van der Waals surface area (Å²) >= 11 is 0. The van der Waals surface area contributed by atoms with E-state index in [9.17, 15) is 4.79 Å². The van der Waals surface area contributed by atoms with Gasteiger partial charge in [-0.05, 0) is 34.6 Å². The second kappa shape index (κ2) is 6.05. The lowest BCUT2D eigenvalue weighted by Gasteiger charge is -2.21. The lowest BCUT2D eigenvalue weighted by atomic mass is 10.2. The fourth-order valence-corrected chi connectivity index (χ4v) is 0.898. The van der Waals surface area contributed by atoms with Crippen molar-refractivity contribution in [2.45, 2.75) is 52.7 Å². The van der Waals surface area contributed by atoms with Crippen molar-refractivity contribution in [2.75, 3.05) is 6.61 Å². The number of esters is 1. The Balaban J connectivity index is 3.72. The maximum atomic E-state index is 11.2. The molecule has 0 aromatic rings. The van der Waals surface area contributed by atoms with Crippen molar-refractivity contribution in [1.82, 2.24) is 0 Å². The van der Waals surface area contributed by atoms with Crippen LogP contribution in [0.4, 0.5) is 0 Å². The second-order valence-electron chi connectivity index (χ2n) is 4.31. The van der Waals surface area contributed by atoms with Crippen molar-refractivity contribution >= 4 is 5.97 Å². The highest BCUT2D eigenvalue weighted by atomic mass is 16.7. The predicted molar refractivity (Wildman–Crippen MR) is 56.0 cm³/mol. The van der Waals surface area contributed by atoms with Crippen molar-refractivity contribution in [3.8, 4) is 0 Å². The van der Waals surface area contributed by atoms with Crippen molar-refractivity contribution in [3.63, 3.8) is 0 Å². The van der Waals surface area contributed by atoms with Crippen LogP contribution in [0.25, 0.3) is 0 Å². The highest BCUT2D eigenvalue weighted by Gasteiger charge is 2.17. The summed E-state index contributed by atoms with van der Waals surface area (Å²) in [5, 5.41) is 0. The Morgan fingerprint density at radius 1 is 1.33 bits per heavy atom. The van der Waals surface area contributed by atoms with E-state index in [0.29, 0.717) is 0 Å². The van der Waals surface area contributed by atoms with Gasteiger partial charge < -0.3 is 19.9 Å². The molecule has 0 saturated carbocycles. The summed E-state index contributed by atoms with van der Waals surface area (Å²) in [6.45, 7) is 8.62. The van der Waals surface area contributed by atoms with Gasteiger partial charge in [0.2, 0.25) is 0 Å². The molecule has 0 spiro atoms. The van der Waals surface area contributed by atoms with Crippen molar-refractivity contribution < 1.29 is 19.0 Å². The third kappa shape index (κ3) is 9.65. The van der Waals surface area contributed by atoms with Crippen LogP contribution in [0.1, 0.15) is 34.6 Å². The number of ether oxygens (including phenoxy) is 3. The van der Waals surface area contributed by atoms with E-state index in [-0.39, 0.29) is 6.61 Å². The Morgan fingerprint density at radius 2 is 1.87 bits per heavy atom. The molecule has 2 unspecified atom stereocenters. The summed E-state index contributed by atoms with van der Waals surface area (Å²) in [6.07, 6.45) is -0.934. The first-order chi connectivity index (χ1) is 6.70. The average molecular weight is 219 g/mol. The smallest absolute Gasteiger partial charge is 0.332 e. The van der Waals surface area contributed by atoms with Crippen LogP contribution in [0.5, 0.6) is 0 Å². The van der Waals surface area contributed by atoms with E-state index in [2.05, 4.69) is 0 Å². The zero-order chi connectivity index (χ0) is 12.1. The van der Waals surface area contributed by atoms with E-state index in [1.807, 2.05) is 0 Å². The molecule has 90 valence electrons. The summed E-state index contributed by atoms with van der Waals surface area (Å²) in [7, 11) is 0. The molecule has 0 amide bonds. The first-order valence-corrected chi connectivity index (χ1v) is 4.95. The summed E-state index contributed by atoms with van der Waals surface area (Å²) in [5.74, 6) is -0.414. The molecule has 0 bridgehead atoms. The molecule has 0 aromatic heterocycles. The normalized spacial score (nSPS) is 15.9. The molecular weight excluding hydrogens is 198 g/mol. The van der Waals surface area contributed by atoms with E-state index < -0.39 is 24.1 Å². The molecule has 0 radical (unpaired) electrons. The minimum absolute atomic E-state index is 0.134. The van der Waals surface area contributed by atoms with Crippen molar-refractivity contribution in [1.29, 1.82) is 0 Å². The summed E-state index contributed by atoms with van der Waals surface area (Å²) in [6, 6.07) is 0. The molecule has 15 heavy (non-hydrogen) atoms. The largest absolute Gasteiger partial charge is 0.458 e. The van der Waals surface area contributed by atoms with Crippen LogP contribution >= 0.6 is 0 Å². The van der Waals surface area contributed by atoms with Gasteiger partial charge in [-0.25, -0.2) is 4.79 Å². The van der Waals surface area contributed by atoms with E-state index in [4.69, 9.17) is 19.9 Å². The van der Waals surface area contributed by atoms with Gasteiger partial charge in [-0.2, -0.15) is 0 Å². The summed E-state index contributed by atoms with van der Waals surface area (Å²) < 4.78 is 15.2. The summed E-state index contributed by atoms with van der Waals surface area (Å²) in [4.78, 5) is 11.2. The Bertz CT molecular complexity index is 198. The molecule has 0 fully saturated rings. The van der Waals surface area contributed by atoms with Crippen LogP contribution in [-0.2, 0) is 19.0 Å². The number of carbonyl (C=O) groups excluding carboxylic acids is 1. The van der Waals surface area contributed by atoms with Crippen LogP contribution in [0.15, 0.2) is 0 Å². The molecule has 5 heteroatoms. The third-order valence-corrected chi connectivity index (χ3v) is 1.26. The van der Waals surface area contributed by atoms with Crippen LogP contribution in [0, 0.1) is 0 Å². The standard InChI is InChI=1S/C10H21NO4/c1-7(11)14-8(2)13-6-9(12)15-10(3,4)5/h7-8H,6,11H2,1-5H3. The number of carbonyl (C=O) groups is 1. The third-order valence-electron chi connectivity index (χ3n) is 1.26. The van der Waals surface area contributed by atoms with Gasteiger partial charge in [0, 0.05) is 0 Å². The van der Waals surface area contributed by atoms with Crippen LogP contribution < -0.4 is 5.73 Å². The molecule has 0 aromatic carbocycles. The van der Waals surface area contributed by atoms with Gasteiger partial charge in [-0.1, -0.05) is 0 Å². The predicted octanol–water partition coefficient (Wildman–Crippen LogP) is 1.01. The van der Waals surface area contributed by atoms with Gasteiger partial charge >= 0.3 is 5.97 Å². The Kier molecular flexibility index (Phi) is 5.79. The summed E-state index contributed by atoms with van der Waals surface area (Å²) in [5.41, 5.74) is 4.89. The van der Waals surface area contributed by atoms with E-state index in [1.165, 1.54) is 0 Å². The van der Waals surface area contributed by atoms with Gasteiger partial charge in [-0.3, -0.25) is 0 Å². The fraction of sp³-hybridized carbons (Fsp3) is 0.900. The molecule has 0 heterocycles. The van der Waals surface area contributed by atoms with Gasteiger partial charge in [0.05, 0.1) is 0 Å². The Morgan fingerprint density at radius 3 is 2.27 bits per heavy atom. The van der Waals surface area contributed by atoms with Crippen LogP contribution in [0.3, 0.4) is 0 Å². The zero-order valence-corrected chi connectivity index (χ0v) is 10.1. The zero-order valence-electron chi connectivity index (χ0n) is 10.1. The number of rotatable bonds is 5. The topological polar surface area (TPSA) is 70.8 Å². The molecule has 0 rings (SSSR count). The fourth-order valence-electron chi connectivity index (χ4n) is 0.898. The number of hydrogen-bond acceptors (Lipinski definition) is 5. The maximum absolute atomic E-state index is 11.2. The van der Waals surface area contributed by atoms with Gasteiger partial charge in [-0.15, -0.1) is 0 Å². The minimum Gasteiger partial charge on any atom is -0.458 e. The van der Waals surface area contributed by atoms with Crippen molar-refractivity contribution in [2.24, 2.45) is 5.73 Å². The maximum Gasteiger partial charge on any atom is 0.332 e. The first-order valence-electron chi connectivity index (χ1n) is 4.95. The van der Waals surface area contributed by atoms with Crippen LogP contribution in [-0.4, -0.2) is 30.7 Å². The highest BCUT2D eigenvalue weighted by molar-refractivity contribution is 5.71. The monoisotopic (exact) mass is 219 g/mol. The van der Waals surface area contributed by atoms with E-state index in [1.54, 1.807) is 34.6 Å². The van der Waals surface area contributed by atoms with Crippen LogP contribution in [0.2, 0.25) is 0 Å². The Hall–Kier alpha value is -0.650. The van der Waals surface area contributed by atoms with E-state index >= 15 is 0 Å². The number of nitrogens with two attached hydrogens (primary N) is 1. The molecule has 0 aliphatic rings.